The third kappa shape index (κ3) is 7.57. The van der Waals surface area contributed by atoms with E-state index in [1.165, 1.54) is 0 Å². The van der Waals surface area contributed by atoms with Crippen molar-refractivity contribution in [3.05, 3.63) is 54.1 Å². The quantitative estimate of drug-likeness (QED) is 0.544. The number of carbonyl (C=O) groups is 2. The maximum atomic E-state index is 11.5. The third-order valence-electron chi connectivity index (χ3n) is 3.88. The number of amides is 1. The van der Waals surface area contributed by atoms with Gasteiger partial charge >= 0.3 is 5.97 Å². The number of carboxylic acid groups (broad SMARTS) is 1. The molecule has 0 saturated heterocycles. The summed E-state index contributed by atoms with van der Waals surface area (Å²) in [5.74, 6) is 0.763. The second kappa shape index (κ2) is 11.5. The van der Waals surface area contributed by atoms with Crippen molar-refractivity contribution in [2.24, 2.45) is 0 Å². The Hall–Kier alpha value is -3.22. The number of nitrogens with one attached hydrogen (secondary N) is 1. The standard InChI is InChI=1S/C21H25NO6/c1-26-19-15-16(11-12-22-20(23)9-10-21(24)25)7-8-18(19)28-14-13-27-17-5-3-2-4-6-17/h2-8,15H,9-14H2,1H3,(H,22,23)(H,24,25). The summed E-state index contributed by atoms with van der Waals surface area (Å²) in [5.41, 5.74) is 0.975. The number of hydrogen-bond donors (Lipinski definition) is 2. The molecule has 0 aliphatic carbocycles. The van der Waals surface area contributed by atoms with Gasteiger partial charge in [-0.2, -0.15) is 0 Å². The number of carboxylic acids is 1. The molecule has 0 aliphatic rings. The van der Waals surface area contributed by atoms with Gasteiger partial charge in [0.1, 0.15) is 19.0 Å². The summed E-state index contributed by atoms with van der Waals surface area (Å²) in [7, 11) is 1.57. The highest BCUT2D eigenvalue weighted by atomic mass is 16.5. The monoisotopic (exact) mass is 387 g/mol. The van der Waals surface area contributed by atoms with Crippen molar-refractivity contribution in [1.29, 1.82) is 0 Å². The molecule has 0 fully saturated rings. The van der Waals surface area contributed by atoms with E-state index in [1.54, 1.807) is 7.11 Å². The van der Waals surface area contributed by atoms with Crippen LogP contribution < -0.4 is 19.5 Å². The van der Waals surface area contributed by atoms with E-state index >= 15 is 0 Å². The predicted octanol–water partition coefficient (Wildman–Crippen LogP) is 2.68. The molecule has 0 aliphatic heterocycles. The zero-order valence-electron chi connectivity index (χ0n) is 15.8. The maximum absolute atomic E-state index is 11.5. The largest absolute Gasteiger partial charge is 0.493 e. The first-order valence-electron chi connectivity index (χ1n) is 9.04. The number of rotatable bonds is 12. The van der Waals surface area contributed by atoms with Gasteiger partial charge in [0.25, 0.3) is 0 Å². The first kappa shape index (κ1) is 21.1. The van der Waals surface area contributed by atoms with Crippen LogP contribution in [0.4, 0.5) is 0 Å². The molecule has 7 heteroatoms. The van der Waals surface area contributed by atoms with E-state index in [2.05, 4.69) is 5.32 Å². The lowest BCUT2D eigenvalue weighted by Gasteiger charge is -2.13. The summed E-state index contributed by atoms with van der Waals surface area (Å²) in [4.78, 5) is 22.0. The molecule has 2 aromatic carbocycles. The van der Waals surface area contributed by atoms with E-state index in [0.717, 1.165) is 11.3 Å². The average Bonchev–Trinajstić information content (AvgIpc) is 2.71. The predicted molar refractivity (Wildman–Crippen MR) is 104 cm³/mol. The van der Waals surface area contributed by atoms with Crippen molar-refractivity contribution >= 4 is 11.9 Å². The SMILES string of the molecule is COc1cc(CCNC(=O)CCC(=O)O)ccc1OCCOc1ccccc1. The van der Waals surface area contributed by atoms with E-state index in [4.69, 9.17) is 19.3 Å². The molecule has 0 saturated carbocycles. The van der Waals surface area contributed by atoms with Gasteiger partial charge in [-0.05, 0) is 36.2 Å². The zero-order valence-corrected chi connectivity index (χ0v) is 15.8. The minimum Gasteiger partial charge on any atom is -0.493 e. The molecule has 1 amide bonds. The van der Waals surface area contributed by atoms with E-state index in [0.29, 0.717) is 37.7 Å². The zero-order chi connectivity index (χ0) is 20.2. The number of para-hydroxylation sites is 1. The van der Waals surface area contributed by atoms with Gasteiger partial charge in [-0.25, -0.2) is 0 Å². The first-order chi connectivity index (χ1) is 13.6. The van der Waals surface area contributed by atoms with E-state index in [9.17, 15) is 9.59 Å². The van der Waals surface area contributed by atoms with Crippen LogP contribution in [0.25, 0.3) is 0 Å². The molecule has 7 nitrogen and oxygen atoms in total. The van der Waals surface area contributed by atoms with Crippen molar-refractivity contribution in [2.75, 3.05) is 26.9 Å². The number of aliphatic carboxylic acids is 1. The molecule has 0 unspecified atom stereocenters. The van der Waals surface area contributed by atoms with Gasteiger partial charge in [-0.15, -0.1) is 0 Å². The summed E-state index contributed by atoms with van der Waals surface area (Å²) in [6.07, 6.45) is 0.419. The number of benzene rings is 2. The summed E-state index contributed by atoms with van der Waals surface area (Å²) in [6, 6.07) is 15.1. The van der Waals surface area contributed by atoms with Crippen LogP contribution in [0.5, 0.6) is 17.2 Å². The molecular weight excluding hydrogens is 362 g/mol. The van der Waals surface area contributed by atoms with Gasteiger partial charge in [-0.3, -0.25) is 9.59 Å². The second-order valence-corrected chi connectivity index (χ2v) is 5.99. The lowest BCUT2D eigenvalue weighted by atomic mass is 10.1. The van der Waals surface area contributed by atoms with Gasteiger partial charge < -0.3 is 24.6 Å². The van der Waals surface area contributed by atoms with Crippen LogP contribution in [0.15, 0.2) is 48.5 Å². The molecular formula is C21H25NO6. The molecule has 2 N–H and O–H groups in total. The van der Waals surface area contributed by atoms with Crippen LogP contribution in [0, 0.1) is 0 Å². The minimum absolute atomic E-state index is 0.0174. The molecule has 0 radical (unpaired) electrons. The van der Waals surface area contributed by atoms with Crippen molar-refractivity contribution in [3.63, 3.8) is 0 Å². The van der Waals surface area contributed by atoms with E-state index < -0.39 is 5.97 Å². The fourth-order valence-corrected chi connectivity index (χ4v) is 2.47. The van der Waals surface area contributed by atoms with Crippen molar-refractivity contribution in [2.45, 2.75) is 19.3 Å². The topological polar surface area (TPSA) is 94.1 Å². The fraction of sp³-hybridized carbons (Fsp3) is 0.333. The van der Waals surface area contributed by atoms with Crippen molar-refractivity contribution in [3.8, 4) is 17.2 Å². The summed E-state index contributed by atoms with van der Waals surface area (Å²) in [6.45, 7) is 1.22. The normalized spacial score (nSPS) is 10.2. The fourth-order valence-electron chi connectivity index (χ4n) is 2.47. The Labute approximate surface area is 164 Å². The lowest BCUT2D eigenvalue weighted by Crippen LogP contribution is -2.26. The van der Waals surface area contributed by atoms with E-state index in [-0.39, 0.29) is 18.7 Å². The third-order valence-corrected chi connectivity index (χ3v) is 3.88. The molecule has 0 atom stereocenters. The Balaban J connectivity index is 1.76. The molecule has 2 rings (SSSR count). The second-order valence-electron chi connectivity index (χ2n) is 5.99. The summed E-state index contributed by atoms with van der Waals surface area (Å²) < 4.78 is 16.7. The Kier molecular flexibility index (Phi) is 8.65. The Morgan fingerprint density at radius 2 is 1.71 bits per heavy atom. The van der Waals surface area contributed by atoms with Gasteiger partial charge in [-0.1, -0.05) is 24.3 Å². The van der Waals surface area contributed by atoms with Crippen LogP contribution >= 0.6 is 0 Å². The molecule has 2 aromatic rings. The van der Waals surface area contributed by atoms with Crippen molar-refractivity contribution in [1.82, 2.24) is 5.32 Å². The van der Waals surface area contributed by atoms with Crippen LogP contribution in [0.2, 0.25) is 0 Å². The Bertz CT molecular complexity index is 763. The first-order valence-corrected chi connectivity index (χ1v) is 9.04. The number of ether oxygens (including phenoxy) is 3. The molecule has 0 heterocycles. The van der Waals surface area contributed by atoms with Gasteiger partial charge in [0.2, 0.25) is 5.91 Å². The van der Waals surface area contributed by atoms with Crippen LogP contribution in [-0.4, -0.2) is 43.9 Å². The average molecular weight is 387 g/mol. The minimum atomic E-state index is -0.982. The highest BCUT2D eigenvalue weighted by Gasteiger charge is 2.08. The maximum Gasteiger partial charge on any atom is 0.303 e. The summed E-state index contributed by atoms with van der Waals surface area (Å²) >= 11 is 0. The molecule has 0 aromatic heterocycles. The van der Waals surface area contributed by atoms with Gasteiger partial charge in [0.15, 0.2) is 11.5 Å². The van der Waals surface area contributed by atoms with E-state index in [1.807, 2.05) is 48.5 Å². The highest BCUT2D eigenvalue weighted by Crippen LogP contribution is 2.28. The highest BCUT2D eigenvalue weighted by molar-refractivity contribution is 5.80. The molecule has 0 bridgehead atoms. The lowest BCUT2D eigenvalue weighted by molar-refractivity contribution is -0.138. The van der Waals surface area contributed by atoms with Crippen molar-refractivity contribution < 1.29 is 28.9 Å². The van der Waals surface area contributed by atoms with Gasteiger partial charge in [0.05, 0.1) is 13.5 Å². The molecule has 0 spiro atoms. The smallest absolute Gasteiger partial charge is 0.303 e. The Morgan fingerprint density at radius 1 is 0.964 bits per heavy atom. The van der Waals surface area contributed by atoms with Crippen LogP contribution in [0.1, 0.15) is 18.4 Å². The molecule has 28 heavy (non-hydrogen) atoms. The van der Waals surface area contributed by atoms with Crippen LogP contribution in [-0.2, 0) is 16.0 Å². The number of methoxy groups -OCH3 is 1. The molecule has 150 valence electrons. The number of carbonyl (C=O) groups excluding carboxylic acids is 1. The summed E-state index contributed by atoms with van der Waals surface area (Å²) in [5, 5.41) is 11.3. The van der Waals surface area contributed by atoms with Crippen LogP contribution in [0.3, 0.4) is 0 Å². The Morgan fingerprint density at radius 3 is 2.43 bits per heavy atom. The number of hydrogen-bond acceptors (Lipinski definition) is 5. The van der Waals surface area contributed by atoms with Gasteiger partial charge in [0, 0.05) is 13.0 Å².